The molecule has 6 heteroatoms. The third-order valence-electron chi connectivity index (χ3n) is 4.77. The van der Waals surface area contributed by atoms with E-state index in [1.807, 2.05) is 23.1 Å². The fourth-order valence-corrected chi connectivity index (χ4v) is 3.21. The summed E-state index contributed by atoms with van der Waals surface area (Å²) in [5.41, 5.74) is 0.882. The topological polar surface area (TPSA) is 67.9 Å². The molecule has 1 heterocycles. The number of hydrogen-bond acceptors (Lipinski definition) is 4. The van der Waals surface area contributed by atoms with Gasteiger partial charge < -0.3 is 19.7 Å². The summed E-state index contributed by atoms with van der Waals surface area (Å²) in [4.78, 5) is 26.3. The van der Waals surface area contributed by atoms with Crippen LogP contribution < -0.4 is 14.8 Å². The van der Waals surface area contributed by atoms with Gasteiger partial charge in [0.05, 0.1) is 20.6 Å². The molecule has 0 aliphatic carbocycles. The van der Waals surface area contributed by atoms with Crippen LogP contribution in [0.1, 0.15) is 44.6 Å². The smallest absolute Gasteiger partial charge is 0.224 e. The van der Waals surface area contributed by atoms with Gasteiger partial charge in [0.2, 0.25) is 11.8 Å². The van der Waals surface area contributed by atoms with Crippen LogP contribution in [-0.2, 0) is 16.0 Å². The van der Waals surface area contributed by atoms with Gasteiger partial charge in [0, 0.05) is 25.6 Å². The van der Waals surface area contributed by atoms with Gasteiger partial charge in [-0.3, -0.25) is 9.59 Å². The summed E-state index contributed by atoms with van der Waals surface area (Å²) in [5.74, 6) is 1.50. The van der Waals surface area contributed by atoms with E-state index in [0.29, 0.717) is 24.3 Å². The largest absolute Gasteiger partial charge is 0.493 e. The predicted molar refractivity (Wildman–Crippen MR) is 101 cm³/mol. The number of amides is 2. The zero-order valence-electron chi connectivity index (χ0n) is 16.0. The first-order chi connectivity index (χ1) is 12.6. The summed E-state index contributed by atoms with van der Waals surface area (Å²) in [7, 11) is 3.17. The van der Waals surface area contributed by atoms with Gasteiger partial charge in [0.15, 0.2) is 11.5 Å². The van der Waals surface area contributed by atoms with Crippen molar-refractivity contribution in [1.29, 1.82) is 0 Å². The summed E-state index contributed by atoms with van der Waals surface area (Å²) in [6.07, 6.45) is 4.54. The van der Waals surface area contributed by atoms with Gasteiger partial charge in [0.25, 0.3) is 0 Å². The van der Waals surface area contributed by atoms with E-state index in [-0.39, 0.29) is 17.9 Å². The summed E-state index contributed by atoms with van der Waals surface area (Å²) >= 11 is 0. The first kappa shape index (κ1) is 20.1. The Hall–Kier alpha value is -2.24. The van der Waals surface area contributed by atoms with Crippen molar-refractivity contribution in [3.8, 4) is 11.5 Å². The number of piperidine rings is 1. The molecule has 0 atom stereocenters. The van der Waals surface area contributed by atoms with E-state index < -0.39 is 0 Å². The normalized spacial score (nSPS) is 14.8. The Bertz CT molecular complexity index is 610. The fraction of sp³-hybridized carbons (Fsp3) is 0.600. The number of likely N-dealkylation sites (tertiary alicyclic amines) is 1. The molecular formula is C20H30N2O4. The first-order valence-electron chi connectivity index (χ1n) is 9.35. The molecular weight excluding hydrogens is 332 g/mol. The average Bonchev–Trinajstić information content (AvgIpc) is 2.66. The maximum atomic E-state index is 12.3. The van der Waals surface area contributed by atoms with Crippen LogP contribution in [-0.4, -0.2) is 50.1 Å². The highest BCUT2D eigenvalue weighted by Gasteiger charge is 2.23. The zero-order chi connectivity index (χ0) is 18.9. The Kier molecular flexibility index (Phi) is 7.75. The molecule has 1 aliphatic rings. The monoisotopic (exact) mass is 362 g/mol. The highest BCUT2D eigenvalue weighted by atomic mass is 16.5. The fourth-order valence-electron chi connectivity index (χ4n) is 3.21. The average molecular weight is 362 g/mol. The molecule has 1 N–H and O–H groups in total. The predicted octanol–water partition coefficient (Wildman–Crippen LogP) is 2.54. The molecule has 6 nitrogen and oxygen atoms in total. The van der Waals surface area contributed by atoms with Crippen molar-refractivity contribution in [3.05, 3.63) is 23.8 Å². The SMILES string of the molecule is CCCCC(=O)N1CCC(NC(=O)Cc2ccc(OC)c(OC)c2)CC1. The van der Waals surface area contributed by atoms with E-state index in [1.165, 1.54) is 0 Å². The number of hydrogen-bond donors (Lipinski definition) is 1. The van der Waals surface area contributed by atoms with Crippen molar-refractivity contribution < 1.29 is 19.1 Å². The third kappa shape index (κ3) is 5.64. The van der Waals surface area contributed by atoms with Gasteiger partial charge in [-0.25, -0.2) is 0 Å². The Morgan fingerprint density at radius 3 is 2.46 bits per heavy atom. The Balaban J connectivity index is 1.79. The van der Waals surface area contributed by atoms with E-state index in [1.54, 1.807) is 14.2 Å². The van der Waals surface area contributed by atoms with Gasteiger partial charge in [0.1, 0.15) is 0 Å². The second-order valence-corrected chi connectivity index (χ2v) is 6.69. The van der Waals surface area contributed by atoms with Crippen LogP contribution in [0.25, 0.3) is 0 Å². The number of benzene rings is 1. The molecule has 2 amide bonds. The molecule has 0 unspecified atom stereocenters. The van der Waals surface area contributed by atoms with Crippen molar-refractivity contribution in [2.75, 3.05) is 27.3 Å². The number of unbranched alkanes of at least 4 members (excludes halogenated alkanes) is 1. The van der Waals surface area contributed by atoms with Gasteiger partial charge in [-0.1, -0.05) is 19.4 Å². The lowest BCUT2D eigenvalue weighted by molar-refractivity contribution is -0.132. The van der Waals surface area contributed by atoms with Gasteiger partial charge in [-0.2, -0.15) is 0 Å². The molecule has 1 fully saturated rings. The Labute approximate surface area is 155 Å². The first-order valence-corrected chi connectivity index (χ1v) is 9.35. The highest BCUT2D eigenvalue weighted by Crippen LogP contribution is 2.27. The standard InChI is InChI=1S/C20H30N2O4/c1-4-5-6-20(24)22-11-9-16(10-12-22)21-19(23)14-15-7-8-17(25-2)18(13-15)26-3/h7-8,13,16H,4-6,9-12,14H2,1-3H3,(H,21,23). The minimum atomic E-state index is -0.00650. The van der Waals surface area contributed by atoms with E-state index in [9.17, 15) is 9.59 Å². The number of rotatable bonds is 8. The van der Waals surface area contributed by atoms with E-state index in [4.69, 9.17) is 9.47 Å². The molecule has 1 aliphatic heterocycles. The third-order valence-corrected chi connectivity index (χ3v) is 4.77. The van der Waals surface area contributed by atoms with Crippen LogP contribution in [0.5, 0.6) is 11.5 Å². The van der Waals surface area contributed by atoms with Crippen molar-refractivity contribution in [2.45, 2.75) is 51.5 Å². The van der Waals surface area contributed by atoms with Crippen LogP contribution >= 0.6 is 0 Å². The number of methoxy groups -OCH3 is 2. The minimum Gasteiger partial charge on any atom is -0.493 e. The summed E-state index contributed by atoms with van der Waals surface area (Å²) in [5, 5.41) is 3.09. The summed E-state index contributed by atoms with van der Waals surface area (Å²) in [6.45, 7) is 3.54. The van der Waals surface area contributed by atoms with Crippen LogP contribution in [0.4, 0.5) is 0 Å². The molecule has 1 saturated heterocycles. The summed E-state index contributed by atoms with van der Waals surface area (Å²) < 4.78 is 10.5. The molecule has 0 bridgehead atoms. The molecule has 144 valence electrons. The van der Waals surface area contributed by atoms with Gasteiger partial charge in [-0.15, -0.1) is 0 Å². The summed E-state index contributed by atoms with van der Waals surface area (Å²) in [6, 6.07) is 5.64. The molecule has 0 aromatic heterocycles. The zero-order valence-corrected chi connectivity index (χ0v) is 16.0. The van der Waals surface area contributed by atoms with Gasteiger partial charge >= 0.3 is 0 Å². The lowest BCUT2D eigenvalue weighted by Gasteiger charge is -2.32. The molecule has 2 rings (SSSR count). The van der Waals surface area contributed by atoms with Crippen molar-refractivity contribution in [1.82, 2.24) is 10.2 Å². The molecule has 1 aromatic rings. The quantitative estimate of drug-likeness (QED) is 0.772. The van der Waals surface area contributed by atoms with Crippen molar-refractivity contribution in [2.24, 2.45) is 0 Å². The highest BCUT2D eigenvalue weighted by molar-refractivity contribution is 5.79. The number of carbonyl (C=O) groups is 2. The molecule has 0 saturated carbocycles. The van der Waals surface area contributed by atoms with Crippen LogP contribution in [0.3, 0.4) is 0 Å². The maximum Gasteiger partial charge on any atom is 0.224 e. The van der Waals surface area contributed by atoms with E-state index in [0.717, 1.165) is 44.3 Å². The van der Waals surface area contributed by atoms with Gasteiger partial charge in [-0.05, 0) is 37.0 Å². The van der Waals surface area contributed by atoms with E-state index in [2.05, 4.69) is 12.2 Å². The van der Waals surface area contributed by atoms with Crippen LogP contribution in [0, 0.1) is 0 Å². The Morgan fingerprint density at radius 1 is 1.15 bits per heavy atom. The molecule has 0 spiro atoms. The van der Waals surface area contributed by atoms with Crippen LogP contribution in [0.2, 0.25) is 0 Å². The second kappa shape index (κ2) is 10.0. The molecule has 26 heavy (non-hydrogen) atoms. The second-order valence-electron chi connectivity index (χ2n) is 6.69. The lowest BCUT2D eigenvalue weighted by Crippen LogP contribution is -2.46. The lowest BCUT2D eigenvalue weighted by atomic mass is 10.0. The van der Waals surface area contributed by atoms with Crippen LogP contribution in [0.15, 0.2) is 18.2 Å². The maximum absolute atomic E-state index is 12.3. The number of carbonyl (C=O) groups excluding carboxylic acids is 2. The number of ether oxygens (including phenoxy) is 2. The minimum absolute atomic E-state index is 0.00650. The number of nitrogens with zero attached hydrogens (tertiary/aromatic N) is 1. The van der Waals surface area contributed by atoms with E-state index >= 15 is 0 Å². The molecule has 1 aromatic carbocycles. The Morgan fingerprint density at radius 2 is 1.85 bits per heavy atom. The van der Waals surface area contributed by atoms with Crippen molar-refractivity contribution >= 4 is 11.8 Å². The number of nitrogens with one attached hydrogen (secondary N) is 1. The molecule has 0 radical (unpaired) electrons. The van der Waals surface area contributed by atoms with Crippen molar-refractivity contribution in [3.63, 3.8) is 0 Å².